The molecule has 0 aliphatic carbocycles. The van der Waals surface area contributed by atoms with Crippen molar-refractivity contribution in [2.75, 3.05) is 13.2 Å². The first kappa shape index (κ1) is 21.6. The van der Waals surface area contributed by atoms with Gasteiger partial charge in [0.25, 0.3) is 0 Å². The van der Waals surface area contributed by atoms with E-state index in [0.717, 1.165) is 6.42 Å². The van der Waals surface area contributed by atoms with Crippen molar-refractivity contribution >= 4 is 0 Å². The summed E-state index contributed by atoms with van der Waals surface area (Å²) < 4.78 is 0. The van der Waals surface area contributed by atoms with Gasteiger partial charge in [-0.05, 0) is 19.3 Å². The summed E-state index contributed by atoms with van der Waals surface area (Å²) in [6, 6.07) is 0. The van der Waals surface area contributed by atoms with Crippen LogP contribution in [-0.4, -0.2) is 29.0 Å². The van der Waals surface area contributed by atoms with Crippen LogP contribution in [0.15, 0.2) is 12.2 Å². The lowest BCUT2D eigenvalue weighted by atomic mass is 9.98. The predicted molar refractivity (Wildman–Crippen MR) is 95.9 cm³/mol. The highest BCUT2D eigenvalue weighted by atomic mass is 16.3. The van der Waals surface area contributed by atoms with E-state index < -0.39 is 5.54 Å². The van der Waals surface area contributed by atoms with Gasteiger partial charge in [0.05, 0.1) is 18.8 Å². The Labute approximate surface area is 138 Å². The molecule has 0 saturated carbocycles. The Morgan fingerprint density at radius 3 is 1.64 bits per heavy atom. The van der Waals surface area contributed by atoms with Crippen LogP contribution in [-0.2, 0) is 0 Å². The van der Waals surface area contributed by atoms with Crippen LogP contribution < -0.4 is 5.73 Å². The third-order valence-corrected chi connectivity index (χ3v) is 4.30. The quantitative estimate of drug-likeness (QED) is 0.294. The zero-order valence-corrected chi connectivity index (χ0v) is 14.7. The van der Waals surface area contributed by atoms with Gasteiger partial charge in [-0.3, -0.25) is 0 Å². The second-order valence-corrected chi connectivity index (χ2v) is 6.68. The zero-order valence-electron chi connectivity index (χ0n) is 14.7. The molecule has 0 fully saturated rings. The van der Waals surface area contributed by atoms with Crippen LogP contribution in [0.4, 0.5) is 0 Å². The Bertz CT molecular complexity index is 250. The van der Waals surface area contributed by atoms with Crippen molar-refractivity contribution in [1.82, 2.24) is 0 Å². The van der Waals surface area contributed by atoms with Crippen LogP contribution in [0.25, 0.3) is 0 Å². The van der Waals surface area contributed by atoms with E-state index in [-0.39, 0.29) is 13.2 Å². The topological polar surface area (TPSA) is 66.5 Å². The minimum absolute atomic E-state index is 0.174. The Morgan fingerprint density at radius 2 is 1.18 bits per heavy atom. The van der Waals surface area contributed by atoms with Crippen LogP contribution in [0.1, 0.15) is 90.4 Å². The number of nitrogens with two attached hydrogens (primary N) is 1. The van der Waals surface area contributed by atoms with Gasteiger partial charge >= 0.3 is 0 Å². The molecule has 0 aliphatic rings. The van der Waals surface area contributed by atoms with Crippen molar-refractivity contribution < 1.29 is 10.2 Å². The van der Waals surface area contributed by atoms with Crippen LogP contribution in [0.2, 0.25) is 0 Å². The molecule has 0 heterocycles. The van der Waals surface area contributed by atoms with Crippen molar-refractivity contribution in [3.05, 3.63) is 12.2 Å². The number of hydrogen-bond acceptors (Lipinski definition) is 3. The van der Waals surface area contributed by atoms with E-state index in [4.69, 9.17) is 15.9 Å². The van der Waals surface area contributed by atoms with E-state index in [2.05, 4.69) is 13.0 Å². The molecule has 3 nitrogen and oxygen atoms in total. The smallest absolute Gasteiger partial charge is 0.0657 e. The SMILES string of the molecule is CCCCCCCCCCCCC/C=C/CC(N)(CO)CO. The maximum atomic E-state index is 9.07. The highest BCUT2D eigenvalue weighted by Gasteiger charge is 2.20. The number of aliphatic hydroxyl groups is 2. The average molecular weight is 314 g/mol. The largest absolute Gasteiger partial charge is 0.394 e. The van der Waals surface area contributed by atoms with E-state index in [0.29, 0.717) is 6.42 Å². The van der Waals surface area contributed by atoms with E-state index in [1.165, 1.54) is 70.6 Å². The molecule has 0 aliphatic heterocycles. The Kier molecular flexibility index (Phi) is 15.2. The summed E-state index contributed by atoms with van der Waals surface area (Å²) in [6.45, 7) is 1.92. The van der Waals surface area contributed by atoms with Crippen molar-refractivity contribution in [1.29, 1.82) is 0 Å². The summed E-state index contributed by atoms with van der Waals surface area (Å²) in [5.41, 5.74) is 4.94. The zero-order chi connectivity index (χ0) is 16.5. The fourth-order valence-electron chi connectivity index (χ4n) is 2.54. The van der Waals surface area contributed by atoms with Crippen LogP contribution in [0.5, 0.6) is 0 Å². The molecule has 0 bridgehead atoms. The summed E-state index contributed by atoms with van der Waals surface area (Å²) in [7, 11) is 0. The first-order valence-corrected chi connectivity index (χ1v) is 9.34. The van der Waals surface area contributed by atoms with E-state index in [1.54, 1.807) is 0 Å². The minimum atomic E-state index is -0.854. The van der Waals surface area contributed by atoms with Gasteiger partial charge in [-0.1, -0.05) is 83.3 Å². The molecular weight excluding hydrogens is 274 g/mol. The number of hydrogen-bond donors (Lipinski definition) is 3. The average Bonchev–Trinajstić information content (AvgIpc) is 2.55. The Morgan fingerprint density at radius 1 is 0.727 bits per heavy atom. The van der Waals surface area contributed by atoms with Gasteiger partial charge in [-0.15, -0.1) is 0 Å². The maximum absolute atomic E-state index is 9.07. The van der Waals surface area contributed by atoms with Crippen LogP contribution in [0, 0.1) is 0 Å². The number of rotatable bonds is 16. The molecule has 0 spiro atoms. The summed E-state index contributed by atoms with van der Waals surface area (Å²) in [5.74, 6) is 0. The van der Waals surface area contributed by atoms with Gasteiger partial charge in [0.1, 0.15) is 0 Å². The highest BCUT2D eigenvalue weighted by molar-refractivity contribution is 4.94. The molecule has 0 aromatic heterocycles. The molecule has 0 amide bonds. The standard InChI is InChI=1S/C19H39NO2/c1-2-3-4-5-6-7-8-9-10-11-12-13-14-15-16-19(20,17-21)18-22/h14-15,21-22H,2-13,16-18,20H2,1H3/b15-14+. The second-order valence-electron chi connectivity index (χ2n) is 6.68. The molecule has 0 rings (SSSR count). The van der Waals surface area contributed by atoms with Gasteiger partial charge in [0, 0.05) is 0 Å². The highest BCUT2D eigenvalue weighted by Crippen LogP contribution is 2.12. The van der Waals surface area contributed by atoms with Crippen molar-refractivity contribution in [3.63, 3.8) is 0 Å². The first-order chi connectivity index (χ1) is 10.7. The predicted octanol–water partition coefficient (Wildman–Crippen LogP) is 4.32. The van der Waals surface area contributed by atoms with Gasteiger partial charge in [-0.25, -0.2) is 0 Å². The second kappa shape index (κ2) is 15.5. The lowest BCUT2D eigenvalue weighted by molar-refractivity contribution is 0.123. The molecule has 0 atom stereocenters. The van der Waals surface area contributed by atoms with Crippen LogP contribution >= 0.6 is 0 Å². The number of unbranched alkanes of at least 4 members (excludes halogenated alkanes) is 11. The van der Waals surface area contributed by atoms with Gasteiger partial charge < -0.3 is 15.9 Å². The van der Waals surface area contributed by atoms with Crippen molar-refractivity contribution in [3.8, 4) is 0 Å². The summed E-state index contributed by atoms with van der Waals surface area (Å²) in [5, 5.41) is 18.1. The van der Waals surface area contributed by atoms with Crippen molar-refractivity contribution in [2.24, 2.45) is 5.73 Å². The molecule has 3 heteroatoms. The normalized spacial score (nSPS) is 12.4. The monoisotopic (exact) mass is 313 g/mol. The third-order valence-electron chi connectivity index (χ3n) is 4.30. The molecular formula is C19H39NO2. The Hall–Kier alpha value is -0.380. The summed E-state index contributed by atoms with van der Waals surface area (Å²) >= 11 is 0. The number of aliphatic hydroxyl groups excluding tert-OH is 2. The molecule has 0 aromatic carbocycles. The molecule has 0 radical (unpaired) electrons. The fraction of sp³-hybridized carbons (Fsp3) is 0.895. The molecule has 0 unspecified atom stereocenters. The van der Waals surface area contributed by atoms with Crippen LogP contribution in [0.3, 0.4) is 0 Å². The molecule has 0 saturated heterocycles. The number of allylic oxidation sites excluding steroid dienone is 1. The fourth-order valence-corrected chi connectivity index (χ4v) is 2.54. The first-order valence-electron chi connectivity index (χ1n) is 9.34. The summed E-state index contributed by atoms with van der Waals surface area (Å²) in [4.78, 5) is 0. The molecule has 22 heavy (non-hydrogen) atoms. The lowest BCUT2D eigenvalue weighted by Crippen LogP contribution is -2.46. The van der Waals surface area contributed by atoms with Gasteiger partial charge in [0.15, 0.2) is 0 Å². The third kappa shape index (κ3) is 13.3. The van der Waals surface area contributed by atoms with E-state index >= 15 is 0 Å². The maximum Gasteiger partial charge on any atom is 0.0657 e. The molecule has 4 N–H and O–H groups in total. The Balaban J connectivity index is 3.26. The summed E-state index contributed by atoms with van der Waals surface area (Å²) in [6.07, 6.45) is 20.8. The van der Waals surface area contributed by atoms with E-state index in [9.17, 15) is 0 Å². The van der Waals surface area contributed by atoms with Crippen molar-refractivity contribution in [2.45, 2.75) is 95.9 Å². The van der Waals surface area contributed by atoms with Gasteiger partial charge in [-0.2, -0.15) is 0 Å². The lowest BCUT2D eigenvalue weighted by Gasteiger charge is -2.22. The van der Waals surface area contributed by atoms with Gasteiger partial charge in [0.2, 0.25) is 0 Å². The van der Waals surface area contributed by atoms with E-state index in [1.807, 2.05) is 6.08 Å². The minimum Gasteiger partial charge on any atom is -0.394 e. The molecule has 132 valence electrons. The molecule has 0 aromatic rings.